The Morgan fingerprint density at radius 2 is 1.48 bits per heavy atom. The number of halogens is 3. The predicted molar refractivity (Wildman–Crippen MR) is 120 cm³/mol. The third-order valence-electron chi connectivity index (χ3n) is 6.44. The number of piperidine rings is 1. The normalized spacial score (nSPS) is 18.4. The van der Waals surface area contributed by atoms with Crippen LogP contribution in [0.25, 0.3) is 5.57 Å². The standard InChI is InChI=1S/C25H26F3N3O2/c1-16-4-6-17(7-5-16)21-22(30(3)19-12-14-29(2)15-13-19)24(33)31(23(21)32)20-10-8-18(9-11-20)25(26,27)28/h4-11,19H,12-15H2,1-3H3. The van der Waals surface area contributed by atoms with Crippen molar-refractivity contribution in [1.29, 1.82) is 0 Å². The summed E-state index contributed by atoms with van der Waals surface area (Å²) in [6.45, 7) is 3.69. The maximum absolute atomic E-state index is 13.6. The van der Waals surface area contributed by atoms with Gasteiger partial charge in [0.1, 0.15) is 5.70 Å². The SMILES string of the molecule is Cc1ccc(C2=C(N(C)C3CCN(C)CC3)C(=O)N(c3ccc(C(F)(F)F)cc3)C2=O)cc1. The molecular weight excluding hydrogens is 431 g/mol. The third-order valence-corrected chi connectivity index (χ3v) is 6.44. The van der Waals surface area contributed by atoms with Gasteiger partial charge in [-0.1, -0.05) is 29.8 Å². The lowest BCUT2D eigenvalue weighted by Gasteiger charge is -2.36. The van der Waals surface area contributed by atoms with E-state index in [4.69, 9.17) is 0 Å². The molecule has 4 rings (SSSR count). The summed E-state index contributed by atoms with van der Waals surface area (Å²) in [6, 6.07) is 11.5. The fourth-order valence-electron chi connectivity index (χ4n) is 4.42. The second-order valence-corrected chi connectivity index (χ2v) is 8.73. The highest BCUT2D eigenvalue weighted by molar-refractivity contribution is 6.45. The summed E-state index contributed by atoms with van der Waals surface area (Å²) < 4.78 is 39.0. The number of amides is 2. The van der Waals surface area contributed by atoms with Gasteiger partial charge in [0.15, 0.2) is 0 Å². The molecule has 1 fully saturated rings. The van der Waals surface area contributed by atoms with E-state index >= 15 is 0 Å². The molecule has 0 bridgehead atoms. The minimum atomic E-state index is -4.50. The Morgan fingerprint density at radius 3 is 2.03 bits per heavy atom. The number of likely N-dealkylation sites (tertiary alicyclic amines) is 1. The Kier molecular flexibility index (Phi) is 6.05. The average molecular weight is 457 g/mol. The molecule has 1 saturated heterocycles. The number of imide groups is 1. The highest BCUT2D eigenvalue weighted by atomic mass is 19.4. The fraction of sp³-hybridized carbons (Fsp3) is 0.360. The smallest absolute Gasteiger partial charge is 0.366 e. The molecule has 174 valence electrons. The van der Waals surface area contributed by atoms with Crippen LogP contribution >= 0.6 is 0 Å². The summed E-state index contributed by atoms with van der Waals surface area (Å²) in [4.78, 5) is 32.2. The predicted octanol–water partition coefficient (Wildman–Crippen LogP) is 4.32. The summed E-state index contributed by atoms with van der Waals surface area (Å²) in [5.41, 5.74) is 1.49. The molecule has 0 aliphatic carbocycles. The Balaban J connectivity index is 1.75. The summed E-state index contributed by atoms with van der Waals surface area (Å²) in [5.74, 6) is -1.05. The van der Waals surface area contributed by atoms with Gasteiger partial charge in [-0.25, -0.2) is 4.90 Å². The highest BCUT2D eigenvalue weighted by Gasteiger charge is 2.43. The minimum absolute atomic E-state index is 0.0842. The van der Waals surface area contributed by atoms with Crippen LogP contribution in [0.2, 0.25) is 0 Å². The third kappa shape index (κ3) is 4.39. The Morgan fingerprint density at radius 1 is 0.909 bits per heavy atom. The van der Waals surface area contributed by atoms with E-state index in [0.717, 1.165) is 48.5 Å². The number of hydrogen-bond acceptors (Lipinski definition) is 4. The number of rotatable bonds is 4. The van der Waals surface area contributed by atoms with Crippen LogP contribution in [0.4, 0.5) is 18.9 Å². The van der Waals surface area contributed by atoms with Crippen LogP contribution in [0.5, 0.6) is 0 Å². The molecule has 2 aromatic rings. The maximum Gasteiger partial charge on any atom is 0.416 e. The number of aryl methyl sites for hydroxylation is 1. The summed E-state index contributed by atoms with van der Waals surface area (Å²) in [7, 11) is 3.87. The zero-order chi connectivity index (χ0) is 23.9. The number of carbonyl (C=O) groups excluding carboxylic acids is 2. The first-order chi connectivity index (χ1) is 15.6. The van der Waals surface area contributed by atoms with Crippen molar-refractivity contribution in [1.82, 2.24) is 9.80 Å². The monoisotopic (exact) mass is 457 g/mol. The van der Waals surface area contributed by atoms with Crippen molar-refractivity contribution in [2.45, 2.75) is 32.0 Å². The van der Waals surface area contributed by atoms with Gasteiger partial charge in [0.05, 0.1) is 16.8 Å². The highest BCUT2D eigenvalue weighted by Crippen LogP contribution is 2.37. The minimum Gasteiger partial charge on any atom is -0.366 e. The summed E-state index contributed by atoms with van der Waals surface area (Å²) >= 11 is 0. The second-order valence-electron chi connectivity index (χ2n) is 8.73. The molecule has 2 aliphatic rings. The number of likely N-dealkylation sites (N-methyl/N-ethyl adjacent to an activating group) is 1. The first-order valence-electron chi connectivity index (χ1n) is 10.9. The zero-order valence-electron chi connectivity index (χ0n) is 18.8. The van der Waals surface area contributed by atoms with Crippen molar-refractivity contribution in [3.05, 3.63) is 70.9 Å². The molecule has 33 heavy (non-hydrogen) atoms. The molecule has 2 aromatic carbocycles. The second kappa shape index (κ2) is 8.67. The quantitative estimate of drug-likeness (QED) is 0.642. The van der Waals surface area contributed by atoms with Gasteiger partial charge in [-0.05, 0) is 69.7 Å². The first-order valence-corrected chi connectivity index (χ1v) is 10.9. The lowest BCUT2D eigenvalue weighted by atomic mass is 9.99. The molecular formula is C25H26F3N3O2. The van der Waals surface area contributed by atoms with Crippen molar-refractivity contribution in [2.24, 2.45) is 0 Å². The van der Waals surface area contributed by atoms with Crippen LogP contribution in [0.1, 0.15) is 29.5 Å². The first kappa shape index (κ1) is 23.0. The van der Waals surface area contributed by atoms with Crippen LogP contribution in [0.3, 0.4) is 0 Å². The molecule has 0 spiro atoms. The number of nitrogens with zero attached hydrogens (tertiary/aromatic N) is 3. The molecule has 8 heteroatoms. The fourth-order valence-corrected chi connectivity index (χ4v) is 4.42. The molecule has 2 amide bonds. The lowest BCUT2D eigenvalue weighted by molar-refractivity contribution is -0.137. The summed E-state index contributed by atoms with van der Waals surface area (Å²) in [5, 5.41) is 0. The Bertz CT molecular complexity index is 1080. The maximum atomic E-state index is 13.6. The van der Waals surface area contributed by atoms with Gasteiger partial charge >= 0.3 is 6.18 Å². The number of benzene rings is 2. The molecule has 2 aliphatic heterocycles. The van der Waals surface area contributed by atoms with Crippen molar-refractivity contribution < 1.29 is 22.8 Å². The van der Waals surface area contributed by atoms with Crippen molar-refractivity contribution >= 4 is 23.1 Å². The van der Waals surface area contributed by atoms with Gasteiger partial charge in [0.25, 0.3) is 11.8 Å². The Labute approximate surface area is 191 Å². The molecule has 0 atom stereocenters. The number of carbonyl (C=O) groups is 2. The van der Waals surface area contributed by atoms with Crippen LogP contribution < -0.4 is 4.90 Å². The van der Waals surface area contributed by atoms with E-state index in [0.29, 0.717) is 11.3 Å². The van der Waals surface area contributed by atoms with Crippen molar-refractivity contribution in [2.75, 3.05) is 32.1 Å². The van der Waals surface area contributed by atoms with E-state index in [1.54, 1.807) is 12.1 Å². The number of anilines is 1. The zero-order valence-corrected chi connectivity index (χ0v) is 18.8. The lowest BCUT2D eigenvalue weighted by Crippen LogP contribution is -2.43. The van der Waals surface area contributed by atoms with Gasteiger partial charge < -0.3 is 9.80 Å². The van der Waals surface area contributed by atoms with Crippen molar-refractivity contribution in [3.8, 4) is 0 Å². The summed E-state index contributed by atoms with van der Waals surface area (Å²) in [6.07, 6.45) is -2.80. The Hall–Kier alpha value is -3.13. The van der Waals surface area contributed by atoms with Crippen molar-refractivity contribution in [3.63, 3.8) is 0 Å². The molecule has 0 radical (unpaired) electrons. The van der Waals surface area contributed by atoms with Crippen LogP contribution in [-0.4, -0.2) is 54.8 Å². The average Bonchev–Trinajstić information content (AvgIpc) is 3.04. The van der Waals surface area contributed by atoms with Gasteiger partial charge in [0.2, 0.25) is 0 Å². The number of hydrogen-bond donors (Lipinski definition) is 0. The molecule has 0 N–H and O–H groups in total. The van der Waals surface area contributed by atoms with E-state index in [1.165, 1.54) is 12.1 Å². The topological polar surface area (TPSA) is 43.9 Å². The molecule has 5 nitrogen and oxygen atoms in total. The van der Waals surface area contributed by atoms with Gasteiger partial charge in [0, 0.05) is 13.1 Å². The van der Waals surface area contributed by atoms with E-state index in [1.807, 2.05) is 38.1 Å². The van der Waals surface area contributed by atoms with E-state index < -0.39 is 23.6 Å². The molecule has 0 aromatic heterocycles. The molecule has 0 saturated carbocycles. The molecule has 2 heterocycles. The van der Waals surface area contributed by atoms with Crippen LogP contribution in [-0.2, 0) is 15.8 Å². The van der Waals surface area contributed by atoms with Gasteiger partial charge in [-0.15, -0.1) is 0 Å². The van der Waals surface area contributed by atoms with Crippen LogP contribution in [0, 0.1) is 6.92 Å². The number of alkyl halides is 3. The molecule has 0 unspecified atom stereocenters. The van der Waals surface area contributed by atoms with Gasteiger partial charge in [-0.3, -0.25) is 9.59 Å². The van der Waals surface area contributed by atoms with E-state index in [-0.39, 0.29) is 17.3 Å². The van der Waals surface area contributed by atoms with E-state index in [2.05, 4.69) is 4.90 Å². The van der Waals surface area contributed by atoms with Gasteiger partial charge in [-0.2, -0.15) is 13.2 Å². The van der Waals surface area contributed by atoms with Crippen LogP contribution in [0.15, 0.2) is 54.2 Å². The van der Waals surface area contributed by atoms with E-state index in [9.17, 15) is 22.8 Å². The largest absolute Gasteiger partial charge is 0.416 e.